The first-order valence-electron chi connectivity index (χ1n) is 6.60. The zero-order chi connectivity index (χ0) is 14.5. The molecule has 4 amide bonds. The molecule has 20 heavy (non-hydrogen) atoms. The highest BCUT2D eigenvalue weighted by Gasteiger charge is 2.56. The van der Waals surface area contributed by atoms with Crippen LogP contribution in [-0.2, 0) is 9.59 Å². The summed E-state index contributed by atoms with van der Waals surface area (Å²) >= 11 is 1.29. The summed E-state index contributed by atoms with van der Waals surface area (Å²) in [6, 6.07) is -0.689. The lowest BCUT2D eigenvalue weighted by atomic mass is 9.82. The fraction of sp³-hybridized carbons (Fsp3) is 0.538. The summed E-state index contributed by atoms with van der Waals surface area (Å²) in [7, 11) is 0. The number of urea groups is 1. The van der Waals surface area contributed by atoms with Gasteiger partial charge in [0.05, 0.1) is 5.69 Å². The van der Waals surface area contributed by atoms with Crippen LogP contribution in [0.15, 0.2) is 0 Å². The Labute approximate surface area is 120 Å². The minimum atomic E-state index is -1.07. The van der Waals surface area contributed by atoms with Crippen LogP contribution in [0, 0.1) is 19.3 Å². The molecule has 1 aromatic heterocycles. The molecule has 1 saturated heterocycles. The van der Waals surface area contributed by atoms with Crippen molar-refractivity contribution >= 4 is 34.3 Å². The third-order valence-corrected chi connectivity index (χ3v) is 5.19. The number of hydrogen-bond donors (Lipinski definition) is 1. The first-order valence-corrected chi connectivity index (χ1v) is 7.41. The Balaban J connectivity index is 2.04. The van der Waals surface area contributed by atoms with E-state index in [0.717, 1.165) is 28.3 Å². The topological polar surface area (TPSA) is 79.4 Å². The standard InChI is InChI=1S/C13H15N3O3S/c1-7-8(2)20-12(14-7)16-10(18)13(5-3-4-6-13)9(17)15-11(16)19/h3-6H2,1-2H3,(H,15,17,19). The number of thiazole rings is 1. The van der Waals surface area contributed by atoms with Gasteiger partial charge in [0.15, 0.2) is 0 Å². The third kappa shape index (κ3) is 1.69. The van der Waals surface area contributed by atoms with Crippen LogP contribution in [0.1, 0.15) is 36.3 Å². The minimum absolute atomic E-state index is 0.348. The zero-order valence-electron chi connectivity index (χ0n) is 11.4. The number of carbonyl (C=O) groups excluding carboxylic acids is 3. The molecule has 1 N–H and O–H groups in total. The molecule has 6 nitrogen and oxygen atoms in total. The van der Waals surface area contributed by atoms with Crippen LogP contribution in [0.25, 0.3) is 0 Å². The fourth-order valence-corrected chi connectivity index (χ4v) is 3.73. The van der Waals surface area contributed by atoms with E-state index in [2.05, 4.69) is 10.3 Å². The highest BCUT2D eigenvalue weighted by Crippen LogP contribution is 2.43. The Hall–Kier alpha value is -1.76. The SMILES string of the molecule is Cc1nc(N2C(=O)NC(=O)C3(CCCC3)C2=O)sc1C. The number of anilines is 1. The van der Waals surface area contributed by atoms with E-state index in [-0.39, 0.29) is 0 Å². The average Bonchev–Trinajstić information content (AvgIpc) is 2.97. The molecule has 0 atom stereocenters. The molecular weight excluding hydrogens is 278 g/mol. The van der Waals surface area contributed by atoms with Crippen LogP contribution in [0.3, 0.4) is 0 Å². The van der Waals surface area contributed by atoms with Gasteiger partial charge in [-0.1, -0.05) is 12.8 Å². The second-order valence-electron chi connectivity index (χ2n) is 5.33. The van der Waals surface area contributed by atoms with Crippen LogP contribution in [-0.4, -0.2) is 22.8 Å². The van der Waals surface area contributed by atoms with Gasteiger partial charge in [-0.05, 0) is 26.7 Å². The molecule has 106 valence electrons. The summed E-state index contributed by atoms with van der Waals surface area (Å²) in [5.41, 5.74) is -0.274. The highest BCUT2D eigenvalue weighted by atomic mass is 32.1. The van der Waals surface area contributed by atoms with Gasteiger partial charge in [0.2, 0.25) is 11.0 Å². The number of amides is 4. The van der Waals surface area contributed by atoms with Crippen molar-refractivity contribution < 1.29 is 14.4 Å². The second kappa shape index (κ2) is 4.37. The van der Waals surface area contributed by atoms with Crippen molar-refractivity contribution in [1.29, 1.82) is 0 Å². The molecular formula is C13H15N3O3S. The molecule has 0 radical (unpaired) electrons. The molecule has 2 heterocycles. The average molecular weight is 293 g/mol. The van der Waals surface area contributed by atoms with Crippen LogP contribution in [0.2, 0.25) is 0 Å². The van der Waals surface area contributed by atoms with Crippen molar-refractivity contribution in [3.63, 3.8) is 0 Å². The van der Waals surface area contributed by atoms with Gasteiger partial charge in [-0.3, -0.25) is 14.9 Å². The molecule has 2 fully saturated rings. The summed E-state index contributed by atoms with van der Waals surface area (Å²) in [6.07, 6.45) is 2.67. The number of nitrogens with zero attached hydrogens (tertiary/aromatic N) is 2. The molecule has 7 heteroatoms. The van der Waals surface area contributed by atoms with E-state index in [0.29, 0.717) is 18.0 Å². The third-order valence-electron chi connectivity index (χ3n) is 4.14. The quantitative estimate of drug-likeness (QED) is 0.802. The Kier molecular flexibility index (Phi) is 2.89. The summed E-state index contributed by atoms with van der Waals surface area (Å²) in [5, 5.41) is 2.66. The molecule has 0 bridgehead atoms. The van der Waals surface area contributed by atoms with E-state index in [4.69, 9.17) is 0 Å². The Bertz CT molecular complexity index is 597. The number of barbiturate groups is 1. The van der Waals surface area contributed by atoms with E-state index in [1.807, 2.05) is 13.8 Å². The largest absolute Gasteiger partial charge is 0.337 e. The van der Waals surface area contributed by atoms with Gasteiger partial charge < -0.3 is 0 Å². The fourth-order valence-electron chi connectivity index (χ4n) is 2.82. The molecule has 0 aromatic carbocycles. The number of nitrogens with one attached hydrogen (secondary N) is 1. The van der Waals surface area contributed by atoms with E-state index in [1.165, 1.54) is 11.3 Å². The van der Waals surface area contributed by atoms with E-state index >= 15 is 0 Å². The van der Waals surface area contributed by atoms with Gasteiger partial charge in [-0.15, -0.1) is 11.3 Å². The molecule has 1 aliphatic heterocycles. The minimum Gasteiger partial charge on any atom is -0.276 e. The Morgan fingerprint density at radius 1 is 1.20 bits per heavy atom. The van der Waals surface area contributed by atoms with Crippen molar-refractivity contribution in [3.05, 3.63) is 10.6 Å². The maximum atomic E-state index is 12.7. The van der Waals surface area contributed by atoms with Crippen LogP contribution in [0.5, 0.6) is 0 Å². The molecule has 1 aromatic rings. The van der Waals surface area contributed by atoms with Gasteiger partial charge in [-0.25, -0.2) is 14.7 Å². The van der Waals surface area contributed by atoms with E-state index < -0.39 is 23.3 Å². The van der Waals surface area contributed by atoms with Crippen LogP contribution >= 0.6 is 11.3 Å². The maximum Gasteiger partial charge on any atom is 0.337 e. The van der Waals surface area contributed by atoms with Crippen LogP contribution in [0.4, 0.5) is 9.93 Å². The monoisotopic (exact) mass is 293 g/mol. The molecule has 2 aliphatic rings. The Morgan fingerprint density at radius 3 is 2.40 bits per heavy atom. The summed E-state index contributed by atoms with van der Waals surface area (Å²) in [6.45, 7) is 3.72. The molecule has 1 spiro atoms. The van der Waals surface area contributed by atoms with Gasteiger partial charge in [0.1, 0.15) is 5.41 Å². The number of imide groups is 2. The zero-order valence-corrected chi connectivity index (χ0v) is 12.2. The lowest BCUT2D eigenvalue weighted by molar-refractivity contribution is -0.142. The van der Waals surface area contributed by atoms with Gasteiger partial charge in [0, 0.05) is 4.88 Å². The normalized spacial score (nSPS) is 21.7. The number of aryl methyl sites for hydroxylation is 2. The Morgan fingerprint density at radius 2 is 1.85 bits per heavy atom. The number of carbonyl (C=O) groups is 3. The van der Waals surface area contributed by atoms with Crippen LogP contribution < -0.4 is 10.2 Å². The molecule has 1 aliphatic carbocycles. The van der Waals surface area contributed by atoms with Gasteiger partial charge in [0.25, 0.3) is 5.91 Å². The first kappa shape index (κ1) is 13.2. The first-order chi connectivity index (χ1) is 9.45. The summed E-state index contributed by atoms with van der Waals surface area (Å²) < 4.78 is 0. The maximum absolute atomic E-state index is 12.7. The predicted molar refractivity (Wildman–Crippen MR) is 73.5 cm³/mol. The smallest absolute Gasteiger partial charge is 0.276 e. The summed E-state index contributed by atoms with van der Waals surface area (Å²) in [5.74, 6) is -0.872. The lowest BCUT2D eigenvalue weighted by Gasteiger charge is -2.35. The second-order valence-corrected chi connectivity index (χ2v) is 6.51. The molecule has 3 rings (SSSR count). The number of hydrogen-bond acceptors (Lipinski definition) is 5. The molecule has 0 unspecified atom stereocenters. The lowest BCUT2D eigenvalue weighted by Crippen LogP contribution is -2.63. The van der Waals surface area contributed by atoms with Crippen molar-refractivity contribution in [2.45, 2.75) is 39.5 Å². The summed E-state index contributed by atoms with van der Waals surface area (Å²) in [4.78, 5) is 43.1. The highest BCUT2D eigenvalue weighted by molar-refractivity contribution is 7.16. The number of rotatable bonds is 1. The predicted octanol–water partition coefficient (Wildman–Crippen LogP) is 1.90. The van der Waals surface area contributed by atoms with Crippen molar-refractivity contribution in [2.24, 2.45) is 5.41 Å². The van der Waals surface area contributed by atoms with Gasteiger partial charge in [-0.2, -0.15) is 0 Å². The van der Waals surface area contributed by atoms with E-state index in [1.54, 1.807) is 0 Å². The van der Waals surface area contributed by atoms with Gasteiger partial charge >= 0.3 is 6.03 Å². The molecule has 1 saturated carbocycles. The van der Waals surface area contributed by atoms with E-state index in [9.17, 15) is 14.4 Å². The number of aromatic nitrogens is 1. The van der Waals surface area contributed by atoms with Crippen molar-refractivity contribution in [2.75, 3.05) is 4.90 Å². The van der Waals surface area contributed by atoms with Crippen molar-refractivity contribution in [1.82, 2.24) is 10.3 Å². The van der Waals surface area contributed by atoms with Crippen molar-refractivity contribution in [3.8, 4) is 0 Å².